The standard InChI is InChI=1S/C19H20N2O2/c22-18(15-4-2-1-3-5-15)14-19(23)16-6-8-17(9-7-16)21-12-10-20-11-13-21/h1-9,20H,10-14H2. The number of ketones is 2. The van der Waals surface area contributed by atoms with Crippen LogP contribution in [0, 0.1) is 0 Å². The quantitative estimate of drug-likeness (QED) is 0.681. The molecule has 0 bridgehead atoms. The summed E-state index contributed by atoms with van der Waals surface area (Å²) in [5, 5.41) is 3.32. The molecule has 0 aromatic heterocycles. The minimum absolute atomic E-state index is 0.0863. The highest BCUT2D eigenvalue weighted by atomic mass is 16.1. The van der Waals surface area contributed by atoms with E-state index in [2.05, 4.69) is 10.2 Å². The van der Waals surface area contributed by atoms with Crippen molar-refractivity contribution >= 4 is 17.3 Å². The Morgan fingerprint density at radius 3 is 2.00 bits per heavy atom. The maximum atomic E-state index is 12.3. The first kappa shape index (κ1) is 15.4. The first-order valence-corrected chi connectivity index (χ1v) is 7.91. The molecule has 4 nitrogen and oxygen atoms in total. The van der Waals surface area contributed by atoms with E-state index in [-0.39, 0.29) is 18.0 Å². The molecule has 2 aromatic rings. The highest BCUT2D eigenvalue weighted by molar-refractivity contribution is 6.13. The second-order valence-electron chi connectivity index (χ2n) is 5.67. The maximum absolute atomic E-state index is 12.3. The van der Waals surface area contributed by atoms with Gasteiger partial charge in [-0.05, 0) is 24.3 Å². The van der Waals surface area contributed by atoms with Gasteiger partial charge in [0, 0.05) is 43.0 Å². The molecule has 0 aliphatic carbocycles. The van der Waals surface area contributed by atoms with E-state index in [1.165, 1.54) is 0 Å². The summed E-state index contributed by atoms with van der Waals surface area (Å²) in [5.41, 5.74) is 2.30. The van der Waals surface area contributed by atoms with Gasteiger partial charge in [-0.15, -0.1) is 0 Å². The monoisotopic (exact) mass is 308 g/mol. The highest BCUT2D eigenvalue weighted by Gasteiger charge is 2.15. The fraction of sp³-hybridized carbons (Fsp3) is 0.263. The van der Waals surface area contributed by atoms with Crippen LogP contribution in [0.4, 0.5) is 5.69 Å². The third-order valence-corrected chi connectivity index (χ3v) is 4.09. The molecule has 118 valence electrons. The number of rotatable bonds is 5. The van der Waals surface area contributed by atoms with Gasteiger partial charge in [0.25, 0.3) is 0 Å². The van der Waals surface area contributed by atoms with E-state index >= 15 is 0 Å². The van der Waals surface area contributed by atoms with E-state index in [1.807, 2.05) is 30.3 Å². The Morgan fingerprint density at radius 1 is 0.826 bits per heavy atom. The van der Waals surface area contributed by atoms with Crippen molar-refractivity contribution in [3.8, 4) is 0 Å². The number of carbonyl (C=O) groups excluding carboxylic acids is 2. The normalized spacial score (nSPS) is 14.5. The van der Waals surface area contributed by atoms with Gasteiger partial charge in [0.05, 0.1) is 6.42 Å². The number of nitrogens with zero attached hydrogens (tertiary/aromatic N) is 1. The maximum Gasteiger partial charge on any atom is 0.170 e. The highest BCUT2D eigenvalue weighted by Crippen LogP contribution is 2.17. The summed E-state index contributed by atoms with van der Waals surface area (Å²) in [6.45, 7) is 3.90. The predicted octanol–water partition coefficient (Wildman–Crippen LogP) is 2.55. The Labute approximate surface area is 136 Å². The molecule has 0 unspecified atom stereocenters. The van der Waals surface area contributed by atoms with Crippen LogP contribution in [0.5, 0.6) is 0 Å². The first-order chi connectivity index (χ1) is 11.2. The third-order valence-electron chi connectivity index (χ3n) is 4.09. The van der Waals surface area contributed by atoms with Crippen molar-refractivity contribution in [1.29, 1.82) is 0 Å². The van der Waals surface area contributed by atoms with Gasteiger partial charge in [-0.25, -0.2) is 0 Å². The Kier molecular flexibility index (Phi) is 4.83. The first-order valence-electron chi connectivity index (χ1n) is 7.91. The molecule has 1 fully saturated rings. The van der Waals surface area contributed by atoms with Gasteiger partial charge in [-0.1, -0.05) is 30.3 Å². The Balaban J connectivity index is 1.64. The lowest BCUT2D eigenvalue weighted by Crippen LogP contribution is -2.43. The van der Waals surface area contributed by atoms with Crippen LogP contribution in [-0.4, -0.2) is 37.7 Å². The molecule has 0 radical (unpaired) electrons. The van der Waals surface area contributed by atoms with Crippen molar-refractivity contribution in [2.75, 3.05) is 31.1 Å². The summed E-state index contributed by atoms with van der Waals surface area (Å²) in [7, 11) is 0. The van der Waals surface area contributed by atoms with Gasteiger partial charge < -0.3 is 10.2 Å². The van der Waals surface area contributed by atoms with Crippen molar-refractivity contribution in [1.82, 2.24) is 5.32 Å². The smallest absolute Gasteiger partial charge is 0.170 e. The molecule has 0 spiro atoms. The molecule has 3 rings (SSSR count). The molecule has 1 aliphatic rings. The van der Waals surface area contributed by atoms with E-state index in [0.29, 0.717) is 11.1 Å². The van der Waals surface area contributed by atoms with Crippen molar-refractivity contribution < 1.29 is 9.59 Å². The van der Waals surface area contributed by atoms with Crippen LogP contribution in [0.2, 0.25) is 0 Å². The average molecular weight is 308 g/mol. The lowest BCUT2D eigenvalue weighted by molar-refractivity contribution is 0.0894. The number of hydrogen-bond acceptors (Lipinski definition) is 4. The largest absolute Gasteiger partial charge is 0.369 e. The zero-order valence-corrected chi connectivity index (χ0v) is 13.0. The Bertz CT molecular complexity index is 674. The summed E-state index contributed by atoms with van der Waals surface area (Å²) in [5.74, 6) is -0.271. The van der Waals surface area contributed by atoms with Gasteiger partial charge in [0.1, 0.15) is 0 Å². The van der Waals surface area contributed by atoms with E-state index in [1.54, 1.807) is 24.3 Å². The molecular formula is C19H20N2O2. The van der Waals surface area contributed by atoms with Crippen LogP contribution in [0.1, 0.15) is 27.1 Å². The number of nitrogens with one attached hydrogen (secondary N) is 1. The molecule has 0 atom stereocenters. The molecule has 1 aliphatic heterocycles. The molecular weight excluding hydrogens is 288 g/mol. The summed E-state index contributed by atoms with van der Waals surface area (Å²) < 4.78 is 0. The fourth-order valence-electron chi connectivity index (χ4n) is 2.76. The third kappa shape index (κ3) is 3.85. The lowest BCUT2D eigenvalue weighted by Gasteiger charge is -2.29. The van der Waals surface area contributed by atoms with Gasteiger partial charge in [-0.3, -0.25) is 9.59 Å². The molecule has 4 heteroatoms. The number of piperazine rings is 1. The van der Waals surface area contributed by atoms with Crippen LogP contribution in [0.3, 0.4) is 0 Å². The SMILES string of the molecule is O=C(CC(=O)c1ccc(N2CCNCC2)cc1)c1ccccc1. The summed E-state index contributed by atoms with van der Waals surface area (Å²) in [4.78, 5) is 26.7. The Hall–Kier alpha value is -2.46. The lowest BCUT2D eigenvalue weighted by atomic mass is 10.0. The number of hydrogen-bond donors (Lipinski definition) is 1. The van der Waals surface area contributed by atoms with Gasteiger partial charge in [0.15, 0.2) is 11.6 Å². The predicted molar refractivity (Wildman–Crippen MR) is 91.2 cm³/mol. The number of benzene rings is 2. The van der Waals surface area contributed by atoms with E-state index in [0.717, 1.165) is 31.9 Å². The van der Waals surface area contributed by atoms with Crippen LogP contribution < -0.4 is 10.2 Å². The molecule has 1 saturated heterocycles. The van der Waals surface area contributed by atoms with Crippen LogP contribution in [0.15, 0.2) is 54.6 Å². The molecule has 0 amide bonds. The molecule has 1 heterocycles. The molecule has 23 heavy (non-hydrogen) atoms. The summed E-state index contributed by atoms with van der Waals surface area (Å²) in [6, 6.07) is 16.5. The van der Waals surface area contributed by atoms with Crippen LogP contribution in [0.25, 0.3) is 0 Å². The second-order valence-corrected chi connectivity index (χ2v) is 5.67. The van der Waals surface area contributed by atoms with Crippen LogP contribution >= 0.6 is 0 Å². The average Bonchev–Trinajstić information content (AvgIpc) is 2.63. The van der Waals surface area contributed by atoms with Crippen LogP contribution in [-0.2, 0) is 0 Å². The number of anilines is 1. The van der Waals surface area contributed by atoms with Crippen molar-refractivity contribution in [2.24, 2.45) is 0 Å². The molecule has 0 saturated carbocycles. The van der Waals surface area contributed by atoms with E-state index in [9.17, 15) is 9.59 Å². The zero-order chi connectivity index (χ0) is 16.1. The van der Waals surface area contributed by atoms with Gasteiger partial charge in [0.2, 0.25) is 0 Å². The van der Waals surface area contributed by atoms with Gasteiger partial charge in [-0.2, -0.15) is 0 Å². The van der Waals surface area contributed by atoms with Crippen molar-refractivity contribution in [3.05, 3.63) is 65.7 Å². The molecule has 2 aromatic carbocycles. The van der Waals surface area contributed by atoms with E-state index in [4.69, 9.17) is 0 Å². The molecule has 1 N–H and O–H groups in total. The summed E-state index contributed by atoms with van der Waals surface area (Å²) in [6.07, 6.45) is -0.0863. The zero-order valence-electron chi connectivity index (χ0n) is 13.0. The van der Waals surface area contributed by atoms with E-state index < -0.39 is 0 Å². The Morgan fingerprint density at radius 2 is 1.39 bits per heavy atom. The summed E-state index contributed by atoms with van der Waals surface area (Å²) >= 11 is 0. The minimum Gasteiger partial charge on any atom is -0.369 e. The number of Topliss-reactive ketones (excluding diaryl/α,β-unsaturated/α-hetero) is 2. The topological polar surface area (TPSA) is 49.4 Å². The minimum atomic E-state index is -0.137. The van der Waals surface area contributed by atoms with Crippen molar-refractivity contribution in [2.45, 2.75) is 6.42 Å². The van der Waals surface area contributed by atoms with Gasteiger partial charge >= 0.3 is 0 Å². The fourth-order valence-corrected chi connectivity index (χ4v) is 2.76. The number of carbonyl (C=O) groups is 2. The second kappa shape index (κ2) is 7.20. The van der Waals surface area contributed by atoms with Crippen molar-refractivity contribution in [3.63, 3.8) is 0 Å².